The van der Waals surface area contributed by atoms with Crippen LogP contribution < -0.4 is 16.4 Å². The van der Waals surface area contributed by atoms with Gasteiger partial charge in [-0.15, -0.1) is 0 Å². The van der Waals surface area contributed by atoms with E-state index in [1.54, 1.807) is 18.3 Å². The molecule has 6 heteroatoms. The summed E-state index contributed by atoms with van der Waals surface area (Å²) in [5, 5.41) is 7.01. The molecule has 0 atom stereocenters. The van der Waals surface area contributed by atoms with Gasteiger partial charge in [0.15, 0.2) is 0 Å². The molecule has 0 saturated heterocycles. The predicted molar refractivity (Wildman–Crippen MR) is 111 cm³/mol. The van der Waals surface area contributed by atoms with Gasteiger partial charge in [-0.05, 0) is 69.4 Å². The minimum Gasteiger partial charge on any atom is -0.405 e. The van der Waals surface area contributed by atoms with Gasteiger partial charge in [-0.2, -0.15) is 0 Å². The first-order valence-corrected chi connectivity index (χ1v) is 9.69. The van der Waals surface area contributed by atoms with Crippen molar-refractivity contribution in [1.29, 1.82) is 0 Å². The molecule has 0 radical (unpaired) electrons. The van der Waals surface area contributed by atoms with Crippen molar-refractivity contribution in [3.8, 4) is 0 Å². The van der Waals surface area contributed by atoms with E-state index < -0.39 is 0 Å². The Bertz CT molecular complexity index is 734. The Hall–Kier alpha value is -2.27. The molecule has 1 aliphatic rings. The van der Waals surface area contributed by atoms with Crippen molar-refractivity contribution in [2.75, 3.05) is 6.54 Å². The van der Waals surface area contributed by atoms with E-state index in [4.69, 9.17) is 17.3 Å². The van der Waals surface area contributed by atoms with E-state index in [0.717, 1.165) is 43.5 Å². The number of hydrogen-bond acceptors (Lipinski definition) is 4. The van der Waals surface area contributed by atoms with E-state index in [-0.39, 0.29) is 11.9 Å². The molecule has 2 rings (SSSR count). The third-order valence-corrected chi connectivity index (χ3v) is 5.22. The molecular weight excluding hydrogens is 360 g/mol. The van der Waals surface area contributed by atoms with Crippen molar-refractivity contribution in [3.05, 3.63) is 64.7 Å². The normalized spacial score (nSPS) is 20.5. The lowest BCUT2D eigenvalue weighted by Gasteiger charge is -2.30. The highest BCUT2D eigenvalue weighted by Crippen LogP contribution is 2.25. The number of hydrogen-bond donors (Lipinski definition) is 3. The number of amides is 1. The van der Waals surface area contributed by atoms with E-state index in [1.807, 2.05) is 19.9 Å². The second kappa shape index (κ2) is 10.2. The van der Waals surface area contributed by atoms with E-state index in [1.165, 1.54) is 6.20 Å². The molecule has 5 nitrogen and oxygen atoms in total. The number of carbonyl (C=O) groups excluding carboxylic acids is 1. The second-order valence-electron chi connectivity index (χ2n) is 7.07. The van der Waals surface area contributed by atoms with Crippen LogP contribution in [0.4, 0.5) is 0 Å². The van der Waals surface area contributed by atoms with Gasteiger partial charge in [0.2, 0.25) is 0 Å². The van der Waals surface area contributed by atoms with Gasteiger partial charge in [-0.3, -0.25) is 9.78 Å². The van der Waals surface area contributed by atoms with Gasteiger partial charge in [0.25, 0.3) is 5.91 Å². The number of nitrogens with one attached hydrogen (secondary N) is 2. The summed E-state index contributed by atoms with van der Waals surface area (Å²) in [6, 6.07) is 1.88. The number of halogens is 1. The largest absolute Gasteiger partial charge is 0.405 e. The van der Waals surface area contributed by atoms with Gasteiger partial charge in [0.1, 0.15) is 0 Å². The summed E-state index contributed by atoms with van der Waals surface area (Å²) in [5.74, 6) is 0.494. The number of nitrogens with two attached hydrogens (primary N) is 1. The van der Waals surface area contributed by atoms with Crippen molar-refractivity contribution in [1.82, 2.24) is 15.6 Å². The number of rotatable bonds is 7. The minimum absolute atomic E-state index is 0.0915. The first-order valence-electron chi connectivity index (χ1n) is 9.32. The third-order valence-electron chi connectivity index (χ3n) is 5.02. The highest BCUT2D eigenvalue weighted by molar-refractivity contribution is 6.30. The maximum Gasteiger partial charge on any atom is 0.253 e. The van der Waals surface area contributed by atoms with E-state index in [2.05, 4.69) is 22.2 Å². The Labute approximate surface area is 166 Å². The van der Waals surface area contributed by atoms with E-state index in [9.17, 15) is 4.79 Å². The van der Waals surface area contributed by atoms with Crippen molar-refractivity contribution in [3.63, 3.8) is 0 Å². The van der Waals surface area contributed by atoms with E-state index in [0.29, 0.717) is 22.2 Å². The molecule has 1 aliphatic carbocycles. The van der Waals surface area contributed by atoms with Crippen LogP contribution in [0.3, 0.4) is 0 Å². The summed E-state index contributed by atoms with van der Waals surface area (Å²) in [7, 11) is 0. The number of pyridine rings is 1. The number of allylic oxidation sites excluding steroid dienone is 3. The van der Waals surface area contributed by atoms with Crippen LogP contribution in [-0.2, 0) is 0 Å². The Morgan fingerprint density at radius 3 is 2.78 bits per heavy atom. The average molecular weight is 389 g/mol. The molecule has 0 unspecified atom stereocenters. The molecule has 1 aromatic rings. The average Bonchev–Trinajstić information content (AvgIpc) is 2.67. The van der Waals surface area contributed by atoms with Gasteiger partial charge in [0.05, 0.1) is 16.3 Å². The molecule has 0 aliphatic heterocycles. The van der Waals surface area contributed by atoms with Gasteiger partial charge in [-0.25, -0.2) is 0 Å². The topological polar surface area (TPSA) is 80.0 Å². The minimum atomic E-state index is -0.0915. The first kappa shape index (κ1) is 21.0. The van der Waals surface area contributed by atoms with Crippen LogP contribution in [0.15, 0.2) is 48.5 Å². The van der Waals surface area contributed by atoms with Crippen LogP contribution in [0.5, 0.6) is 0 Å². The SMILES string of the molecule is C=C(NC[C@H]1CC[C@H](NC(=O)c2cc(Cl)cnc2C)CC1)/C(C)=C\C=C/N. The fourth-order valence-corrected chi connectivity index (χ4v) is 3.38. The van der Waals surface area contributed by atoms with Gasteiger partial charge >= 0.3 is 0 Å². The number of nitrogens with zero attached hydrogens (tertiary/aromatic N) is 1. The van der Waals surface area contributed by atoms with Crippen LogP contribution in [-0.4, -0.2) is 23.5 Å². The Morgan fingerprint density at radius 2 is 2.11 bits per heavy atom. The molecule has 1 amide bonds. The molecule has 0 spiro atoms. The van der Waals surface area contributed by atoms with Crippen LogP contribution in [0, 0.1) is 12.8 Å². The molecule has 146 valence electrons. The van der Waals surface area contributed by atoms with Gasteiger partial charge in [0, 0.05) is 24.5 Å². The smallest absolute Gasteiger partial charge is 0.253 e. The Kier molecular flexibility index (Phi) is 7.92. The summed E-state index contributed by atoms with van der Waals surface area (Å²) < 4.78 is 0. The first-order chi connectivity index (χ1) is 12.9. The molecular formula is C21H29ClN4O. The quantitative estimate of drug-likeness (QED) is 0.619. The zero-order valence-electron chi connectivity index (χ0n) is 16.1. The molecule has 1 heterocycles. The maximum absolute atomic E-state index is 12.5. The summed E-state index contributed by atoms with van der Waals surface area (Å²) in [5.41, 5.74) is 8.60. The Balaban J connectivity index is 1.77. The summed E-state index contributed by atoms with van der Waals surface area (Å²) >= 11 is 5.96. The van der Waals surface area contributed by atoms with Crippen molar-refractivity contribution in [2.24, 2.45) is 11.7 Å². The molecule has 0 aromatic carbocycles. The number of aryl methyl sites for hydroxylation is 1. The van der Waals surface area contributed by atoms with Crippen LogP contribution >= 0.6 is 11.6 Å². The van der Waals surface area contributed by atoms with Crippen molar-refractivity contribution in [2.45, 2.75) is 45.6 Å². The lowest BCUT2D eigenvalue weighted by molar-refractivity contribution is 0.0921. The second-order valence-corrected chi connectivity index (χ2v) is 7.51. The fraction of sp³-hybridized carbons (Fsp3) is 0.429. The molecule has 1 saturated carbocycles. The molecule has 27 heavy (non-hydrogen) atoms. The number of aromatic nitrogens is 1. The fourth-order valence-electron chi connectivity index (χ4n) is 3.22. The number of carbonyl (C=O) groups is 1. The Morgan fingerprint density at radius 1 is 1.41 bits per heavy atom. The van der Waals surface area contributed by atoms with E-state index >= 15 is 0 Å². The summed E-state index contributed by atoms with van der Waals surface area (Å²) in [4.78, 5) is 16.6. The summed E-state index contributed by atoms with van der Waals surface area (Å²) in [6.07, 6.45) is 10.9. The lowest BCUT2D eigenvalue weighted by atomic mass is 9.85. The van der Waals surface area contributed by atoms with Crippen molar-refractivity contribution >= 4 is 17.5 Å². The monoisotopic (exact) mass is 388 g/mol. The maximum atomic E-state index is 12.5. The highest BCUT2D eigenvalue weighted by Gasteiger charge is 2.23. The highest BCUT2D eigenvalue weighted by atomic mass is 35.5. The summed E-state index contributed by atoms with van der Waals surface area (Å²) in [6.45, 7) is 8.79. The van der Waals surface area contributed by atoms with Gasteiger partial charge in [-0.1, -0.05) is 24.3 Å². The van der Waals surface area contributed by atoms with Crippen LogP contribution in [0.2, 0.25) is 5.02 Å². The van der Waals surface area contributed by atoms with Crippen LogP contribution in [0.1, 0.15) is 48.7 Å². The molecule has 1 aromatic heterocycles. The molecule has 4 N–H and O–H groups in total. The van der Waals surface area contributed by atoms with Crippen LogP contribution in [0.25, 0.3) is 0 Å². The van der Waals surface area contributed by atoms with Crippen molar-refractivity contribution < 1.29 is 4.79 Å². The lowest BCUT2D eigenvalue weighted by Crippen LogP contribution is -2.39. The molecule has 1 fully saturated rings. The third kappa shape index (κ3) is 6.43. The van der Waals surface area contributed by atoms with Gasteiger partial charge < -0.3 is 16.4 Å². The predicted octanol–water partition coefficient (Wildman–Crippen LogP) is 3.85. The zero-order valence-corrected chi connectivity index (χ0v) is 16.9. The molecule has 0 bridgehead atoms. The zero-order chi connectivity index (χ0) is 19.8. The standard InChI is InChI=1S/C21H29ClN4O/c1-14(5-4-10-23)15(2)24-12-17-6-8-19(9-7-17)26-21(27)20-11-18(22)13-25-16(20)3/h4-5,10-11,13,17,19,24H,2,6-9,12,23H2,1,3H3,(H,26,27)/b10-4-,14-5-/t17-,19-.